The highest BCUT2D eigenvalue weighted by Gasteiger charge is 2.40. The summed E-state index contributed by atoms with van der Waals surface area (Å²) in [7, 11) is 1.77. The van der Waals surface area contributed by atoms with Gasteiger partial charge in [-0.05, 0) is 70.8 Å². The Kier molecular flexibility index (Phi) is 16.2. The molecule has 46 heavy (non-hydrogen) atoms. The molecule has 2 heterocycles. The molecule has 264 valence electrons. The summed E-state index contributed by atoms with van der Waals surface area (Å²) in [6.07, 6.45) is 13.2. The van der Waals surface area contributed by atoms with E-state index in [4.69, 9.17) is 0 Å². The molecule has 4 amide bonds. The van der Waals surface area contributed by atoms with Crippen LogP contribution in [-0.4, -0.2) is 95.2 Å². The van der Waals surface area contributed by atoms with Crippen molar-refractivity contribution in [3.05, 3.63) is 11.6 Å². The zero-order chi connectivity index (χ0) is 34.6. The molecule has 2 aliphatic rings. The monoisotopic (exact) mass is 646 g/mol. The molecule has 0 aliphatic carbocycles. The van der Waals surface area contributed by atoms with Crippen molar-refractivity contribution in [1.29, 1.82) is 0 Å². The van der Waals surface area contributed by atoms with E-state index in [0.717, 1.165) is 45.1 Å². The summed E-state index contributed by atoms with van der Waals surface area (Å²) in [5.41, 5.74) is 0.0141. The first-order valence-electron chi connectivity index (χ1n) is 18.2. The van der Waals surface area contributed by atoms with Crippen LogP contribution in [0.25, 0.3) is 0 Å². The molecule has 0 bridgehead atoms. The minimum atomic E-state index is -0.718. The second-order valence-electron chi connectivity index (χ2n) is 15.4. The van der Waals surface area contributed by atoms with Crippen LogP contribution in [0.3, 0.4) is 0 Å². The Morgan fingerprint density at radius 1 is 0.870 bits per heavy atom. The minimum absolute atomic E-state index is 0.0257. The lowest BCUT2D eigenvalue weighted by atomic mass is 9.84. The molecule has 1 unspecified atom stereocenters. The summed E-state index contributed by atoms with van der Waals surface area (Å²) < 4.78 is 0. The molecule has 4 atom stereocenters. The standard InChI is InChI=1S/C37H67N5O4/c1-11-12-13-14-15-17-22-38-33(43)29-21-19-24-42(29)35(45)28(6)25-31(26(2)3)40(10)36(46)32(37(7,8)9)39-34(44)30-20-16-18-23-41(30)27(4)5/h25-27,29-32H,11-24H2,1-10H3,(H,38,43)(H,39,44)/b28-25+/t29-,30?,31+,32+/m0/s1. The topological polar surface area (TPSA) is 102 Å². The second kappa shape index (κ2) is 18.8. The Morgan fingerprint density at radius 2 is 1.50 bits per heavy atom. The molecule has 2 rings (SSSR count). The van der Waals surface area contributed by atoms with Gasteiger partial charge in [-0.1, -0.05) is 86.1 Å². The fraction of sp³-hybridized carbons (Fsp3) is 0.838. The largest absolute Gasteiger partial charge is 0.354 e. The van der Waals surface area contributed by atoms with Gasteiger partial charge in [0.05, 0.1) is 12.1 Å². The number of hydrogen-bond acceptors (Lipinski definition) is 5. The number of hydrogen-bond donors (Lipinski definition) is 2. The molecule has 0 spiro atoms. The Labute approximate surface area is 280 Å². The summed E-state index contributed by atoms with van der Waals surface area (Å²) in [4.78, 5) is 60.1. The fourth-order valence-corrected chi connectivity index (χ4v) is 6.91. The lowest BCUT2D eigenvalue weighted by Gasteiger charge is -2.41. The van der Waals surface area contributed by atoms with E-state index in [1.807, 2.05) is 40.7 Å². The number of nitrogens with one attached hydrogen (secondary N) is 2. The molecule has 0 aromatic heterocycles. The molecule has 0 radical (unpaired) electrons. The first kappa shape index (κ1) is 39.8. The summed E-state index contributed by atoms with van der Waals surface area (Å²) in [5.74, 6) is -0.463. The first-order chi connectivity index (χ1) is 21.6. The second-order valence-corrected chi connectivity index (χ2v) is 15.4. The number of likely N-dealkylation sites (N-methyl/N-ethyl adjacent to an activating group) is 1. The van der Waals surface area contributed by atoms with Gasteiger partial charge in [0.1, 0.15) is 12.1 Å². The zero-order valence-corrected chi connectivity index (χ0v) is 30.9. The van der Waals surface area contributed by atoms with Crippen LogP contribution >= 0.6 is 0 Å². The van der Waals surface area contributed by atoms with Crippen LogP contribution in [0.5, 0.6) is 0 Å². The maximum Gasteiger partial charge on any atom is 0.249 e. The third kappa shape index (κ3) is 11.4. The van der Waals surface area contributed by atoms with Crippen molar-refractivity contribution in [1.82, 2.24) is 25.3 Å². The molecular weight excluding hydrogens is 578 g/mol. The average Bonchev–Trinajstić information content (AvgIpc) is 3.50. The van der Waals surface area contributed by atoms with Gasteiger partial charge in [-0.25, -0.2) is 0 Å². The minimum Gasteiger partial charge on any atom is -0.354 e. The molecule has 9 nitrogen and oxygen atoms in total. The highest BCUT2D eigenvalue weighted by molar-refractivity contribution is 5.97. The van der Waals surface area contributed by atoms with Crippen LogP contribution in [0.4, 0.5) is 0 Å². The molecule has 2 saturated heterocycles. The summed E-state index contributed by atoms with van der Waals surface area (Å²) in [6, 6.07) is -1.53. The molecule has 2 aliphatic heterocycles. The van der Waals surface area contributed by atoms with Crippen LogP contribution in [0.15, 0.2) is 11.6 Å². The maximum absolute atomic E-state index is 14.1. The van der Waals surface area contributed by atoms with E-state index < -0.39 is 17.5 Å². The van der Waals surface area contributed by atoms with Crippen molar-refractivity contribution in [3.63, 3.8) is 0 Å². The van der Waals surface area contributed by atoms with E-state index in [2.05, 4.69) is 36.3 Å². The van der Waals surface area contributed by atoms with E-state index in [1.54, 1.807) is 23.8 Å². The smallest absolute Gasteiger partial charge is 0.249 e. The number of piperidine rings is 1. The third-order valence-corrected chi connectivity index (χ3v) is 9.79. The molecule has 2 fully saturated rings. The SMILES string of the molecule is CCCCCCCCNC(=O)[C@@H]1CCCN1C(=O)/C(C)=C/[C@H](C(C)C)N(C)C(=O)[C@@H](NC(=O)C1CCCCN1C(C)C)C(C)(C)C. The van der Waals surface area contributed by atoms with E-state index in [-0.39, 0.29) is 47.7 Å². The van der Waals surface area contributed by atoms with Crippen LogP contribution in [0.2, 0.25) is 0 Å². The van der Waals surface area contributed by atoms with Crippen LogP contribution in [0, 0.1) is 11.3 Å². The van der Waals surface area contributed by atoms with Crippen molar-refractivity contribution < 1.29 is 19.2 Å². The summed E-state index contributed by atoms with van der Waals surface area (Å²) >= 11 is 0. The van der Waals surface area contributed by atoms with Gasteiger partial charge in [-0.2, -0.15) is 0 Å². The van der Waals surface area contributed by atoms with Gasteiger partial charge in [0, 0.05) is 31.8 Å². The number of amides is 4. The lowest BCUT2D eigenvalue weighted by molar-refractivity contribution is -0.142. The van der Waals surface area contributed by atoms with Gasteiger partial charge in [0.2, 0.25) is 23.6 Å². The Morgan fingerprint density at radius 3 is 2.11 bits per heavy atom. The number of carbonyl (C=O) groups is 4. The molecule has 0 saturated carbocycles. The van der Waals surface area contributed by atoms with Crippen molar-refractivity contribution >= 4 is 23.6 Å². The normalized spacial score (nSPS) is 21.0. The van der Waals surface area contributed by atoms with Gasteiger partial charge >= 0.3 is 0 Å². The van der Waals surface area contributed by atoms with Gasteiger partial charge in [-0.15, -0.1) is 0 Å². The Bertz CT molecular complexity index is 1030. The summed E-state index contributed by atoms with van der Waals surface area (Å²) in [6.45, 7) is 20.3. The lowest BCUT2D eigenvalue weighted by Crippen LogP contribution is -2.60. The fourth-order valence-electron chi connectivity index (χ4n) is 6.91. The number of carbonyl (C=O) groups excluding carboxylic acids is 4. The van der Waals surface area contributed by atoms with Gasteiger partial charge in [0.15, 0.2) is 0 Å². The number of unbranched alkanes of at least 4 members (excludes halogenated alkanes) is 5. The highest BCUT2D eigenvalue weighted by Crippen LogP contribution is 2.27. The Balaban J connectivity index is 2.13. The van der Waals surface area contributed by atoms with Crippen molar-refractivity contribution in [2.75, 3.05) is 26.7 Å². The number of nitrogens with zero attached hydrogens (tertiary/aromatic N) is 3. The number of likely N-dealkylation sites (tertiary alicyclic amines) is 2. The van der Waals surface area contributed by atoms with Crippen LogP contribution < -0.4 is 10.6 Å². The number of rotatable bonds is 16. The van der Waals surface area contributed by atoms with E-state index >= 15 is 0 Å². The predicted octanol–water partition coefficient (Wildman–Crippen LogP) is 5.68. The van der Waals surface area contributed by atoms with Crippen molar-refractivity contribution in [3.8, 4) is 0 Å². The van der Waals surface area contributed by atoms with E-state index in [1.165, 1.54) is 25.7 Å². The van der Waals surface area contributed by atoms with Crippen molar-refractivity contribution in [2.24, 2.45) is 11.3 Å². The highest BCUT2D eigenvalue weighted by atomic mass is 16.2. The van der Waals surface area contributed by atoms with Gasteiger partial charge in [0.25, 0.3) is 0 Å². The summed E-state index contributed by atoms with van der Waals surface area (Å²) in [5, 5.41) is 6.21. The van der Waals surface area contributed by atoms with E-state index in [0.29, 0.717) is 25.1 Å². The molecule has 9 heteroatoms. The first-order valence-corrected chi connectivity index (χ1v) is 18.2. The molecule has 0 aromatic carbocycles. The van der Waals surface area contributed by atoms with Gasteiger partial charge in [-0.3, -0.25) is 24.1 Å². The predicted molar refractivity (Wildman–Crippen MR) is 187 cm³/mol. The maximum atomic E-state index is 14.1. The van der Waals surface area contributed by atoms with E-state index in [9.17, 15) is 19.2 Å². The molecule has 2 N–H and O–H groups in total. The zero-order valence-electron chi connectivity index (χ0n) is 30.9. The van der Waals surface area contributed by atoms with Crippen LogP contribution in [-0.2, 0) is 19.2 Å². The average molecular weight is 646 g/mol. The van der Waals surface area contributed by atoms with Gasteiger partial charge < -0.3 is 20.4 Å². The Hall–Kier alpha value is -2.42. The molecular formula is C37H67N5O4. The van der Waals surface area contributed by atoms with Crippen LogP contribution in [0.1, 0.15) is 133 Å². The molecule has 0 aromatic rings. The van der Waals surface area contributed by atoms with Crippen molar-refractivity contribution in [2.45, 2.75) is 163 Å². The third-order valence-electron chi connectivity index (χ3n) is 9.79. The quantitative estimate of drug-likeness (QED) is 0.166.